The summed E-state index contributed by atoms with van der Waals surface area (Å²) in [4.78, 5) is 14.3. The van der Waals surface area contributed by atoms with Gasteiger partial charge in [-0.05, 0) is 24.4 Å². The molecule has 0 aliphatic carbocycles. The fourth-order valence-electron chi connectivity index (χ4n) is 3.66. The number of likely N-dealkylation sites (tertiary alicyclic amines) is 1. The fraction of sp³-hybridized carbons (Fsp3) is 0.529. The summed E-state index contributed by atoms with van der Waals surface area (Å²) >= 11 is 1.81. The van der Waals surface area contributed by atoms with Crippen LogP contribution in [-0.4, -0.2) is 54.3 Å². The molecule has 24 heavy (non-hydrogen) atoms. The Morgan fingerprint density at radius 2 is 2.12 bits per heavy atom. The average molecular weight is 348 g/mol. The Morgan fingerprint density at radius 3 is 2.92 bits per heavy atom. The lowest BCUT2D eigenvalue weighted by Gasteiger charge is -2.31. The van der Waals surface area contributed by atoms with Crippen LogP contribution >= 0.6 is 11.3 Å². The van der Waals surface area contributed by atoms with Crippen molar-refractivity contribution in [3.05, 3.63) is 40.6 Å². The zero-order valence-electron chi connectivity index (χ0n) is 13.5. The quantitative estimate of drug-likeness (QED) is 0.852. The molecule has 1 atom stereocenters. The molecule has 2 saturated heterocycles. The first-order valence-corrected chi connectivity index (χ1v) is 9.15. The first-order valence-electron chi connectivity index (χ1n) is 8.27. The molecular weight excluding hydrogens is 327 g/mol. The molecule has 1 spiro atoms. The van der Waals surface area contributed by atoms with Gasteiger partial charge < -0.3 is 9.64 Å². The normalized spacial score (nSPS) is 25.3. The summed E-state index contributed by atoms with van der Waals surface area (Å²) < 4.78 is 19.0. The Labute approximate surface area is 145 Å². The highest BCUT2D eigenvalue weighted by atomic mass is 32.1. The number of hydrogen-bond donors (Lipinski definition) is 0. The highest BCUT2D eigenvalue weighted by Gasteiger charge is 2.41. The minimum absolute atomic E-state index is 0.103. The van der Waals surface area contributed by atoms with Crippen LogP contribution in [0, 0.1) is 11.2 Å². The molecule has 0 N–H and O–H groups in total. The SMILES string of the molecule is Fc1cnc(N2CCOCC3(CCN(Cc4cccs4)C3)C2)nc1. The van der Waals surface area contributed by atoms with Crippen molar-refractivity contribution < 1.29 is 9.13 Å². The number of rotatable bonds is 3. The van der Waals surface area contributed by atoms with Gasteiger partial charge in [-0.3, -0.25) is 4.90 Å². The number of anilines is 1. The van der Waals surface area contributed by atoms with Crippen LogP contribution in [-0.2, 0) is 11.3 Å². The molecule has 4 rings (SSSR count). The van der Waals surface area contributed by atoms with Crippen molar-refractivity contribution in [3.63, 3.8) is 0 Å². The Kier molecular flexibility index (Phi) is 4.47. The maximum Gasteiger partial charge on any atom is 0.225 e. The predicted molar refractivity (Wildman–Crippen MR) is 91.7 cm³/mol. The van der Waals surface area contributed by atoms with E-state index in [0.717, 1.165) is 45.8 Å². The first-order chi connectivity index (χ1) is 11.7. The minimum atomic E-state index is -0.400. The molecule has 2 aliphatic rings. The lowest BCUT2D eigenvalue weighted by atomic mass is 9.87. The highest BCUT2D eigenvalue weighted by Crippen LogP contribution is 2.35. The van der Waals surface area contributed by atoms with E-state index in [0.29, 0.717) is 12.6 Å². The second-order valence-electron chi connectivity index (χ2n) is 6.72. The second kappa shape index (κ2) is 6.74. The van der Waals surface area contributed by atoms with Crippen molar-refractivity contribution in [2.75, 3.05) is 44.3 Å². The van der Waals surface area contributed by atoms with Crippen LogP contribution in [0.2, 0.25) is 0 Å². The van der Waals surface area contributed by atoms with Gasteiger partial charge in [-0.1, -0.05) is 6.07 Å². The molecular formula is C17H21FN4OS. The summed E-state index contributed by atoms with van der Waals surface area (Å²) in [5.41, 5.74) is 0.103. The maximum atomic E-state index is 13.1. The van der Waals surface area contributed by atoms with Gasteiger partial charge in [-0.2, -0.15) is 0 Å². The van der Waals surface area contributed by atoms with E-state index in [9.17, 15) is 4.39 Å². The van der Waals surface area contributed by atoms with Crippen LogP contribution in [0.1, 0.15) is 11.3 Å². The molecule has 1 unspecified atom stereocenters. The van der Waals surface area contributed by atoms with Gasteiger partial charge in [0.25, 0.3) is 0 Å². The number of halogens is 1. The van der Waals surface area contributed by atoms with Crippen molar-refractivity contribution in [1.82, 2.24) is 14.9 Å². The van der Waals surface area contributed by atoms with E-state index in [1.54, 1.807) is 0 Å². The van der Waals surface area contributed by atoms with Crippen molar-refractivity contribution >= 4 is 17.3 Å². The third kappa shape index (κ3) is 3.43. The molecule has 2 aromatic heterocycles. The van der Waals surface area contributed by atoms with Crippen LogP contribution in [0.5, 0.6) is 0 Å². The standard InChI is InChI=1S/C17H21FN4OS/c18-14-8-19-16(20-9-14)22-5-6-23-13-17(12-22)3-4-21(11-17)10-15-2-1-7-24-15/h1-2,7-9H,3-6,10-13H2. The van der Waals surface area contributed by atoms with Crippen molar-refractivity contribution in [3.8, 4) is 0 Å². The molecule has 5 nitrogen and oxygen atoms in total. The van der Waals surface area contributed by atoms with Gasteiger partial charge in [0.2, 0.25) is 5.95 Å². The van der Waals surface area contributed by atoms with Gasteiger partial charge in [0.1, 0.15) is 0 Å². The fourth-order valence-corrected chi connectivity index (χ4v) is 4.41. The van der Waals surface area contributed by atoms with Gasteiger partial charge in [-0.15, -0.1) is 11.3 Å². The molecule has 2 fully saturated rings. The van der Waals surface area contributed by atoms with E-state index in [-0.39, 0.29) is 5.41 Å². The van der Waals surface area contributed by atoms with E-state index < -0.39 is 5.82 Å². The molecule has 2 aliphatic heterocycles. The van der Waals surface area contributed by atoms with E-state index in [4.69, 9.17) is 4.74 Å². The number of nitrogens with zero attached hydrogens (tertiary/aromatic N) is 4. The lowest BCUT2D eigenvalue weighted by molar-refractivity contribution is 0.0731. The molecule has 0 bridgehead atoms. The third-order valence-electron chi connectivity index (χ3n) is 4.81. The molecule has 0 aromatic carbocycles. The molecule has 4 heterocycles. The smallest absolute Gasteiger partial charge is 0.225 e. The van der Waals surface area contributed by atoms with Crippen molar-refractivity contribution in [1.29, 1.82) is 0 Å². The number of thiophene rings is 1. The van der Waals surface area contributed by atoms with Crippen LogP contribution in [0.25, 0.3) is 0 Å². The summed E-state index contributed by atoms with van der Waals surface area (Å²) in [6.45, 7) is 6.14. The average Bonchev–Trinajstić information content (AvgIpc) is 3.17. The van der Waals surface area contributed by atoms with Crippen LogP contribution in [0.15, 0.2) is 29.9 Å². The van der Waals surface area contributed by atoms with Crippen molar-refractivity contribution in [2.24, 2.45) is 5.41 Å². The molecule has 2 aromatic rings. The molecule has 0 saturated carbocycles. The third-order valence-corrected chi connectivity index (χ3v) is 5.67. The summed E-state index contributed by atoms with van der Waals surface area (Å²) in [7, 11) is 0. The summed E-state index contributed by atoms with van der Waals surface area (Å²) in [6.07, 6.45) is 3.58. The van der Waals surface area contributed by atoms with Gasteiger partial charge in [0, 0.05) is 36.5 Å². The Balaban J connectivity index is 1.47. The highest BCUT2D eigenvalue weighted by molar-refractivity contribution is 7.09. The lowest BCUT2D eigenvalue weighted by Crippen LogP contribution is -2.41. The summed E-state index contributed by atoms with van der Waals surface area (Å²) in [6, 6.07) is 4.30. The van der Waals surface area contributed by atoms with E-state index in [1.165, 1.54) is 17.3 Å². The Hall–Kier alpha value is -1.57. The number of hydrogen-bond acceptors (Lipinski definition) is 6. The molecule has 128 valence electrons. The van der Waals surface area contributed by atoms with Crippen LogP contribution < -0.4 is 4.90 Å². The summed E-state index contributed by atoms with van der Waals surface area (Å²) in [5.74, 6) is 0.195. The number of aromatic nitrogens is 2. The summed E-state index contributed by atoms with van der Waals surface area (Å²) in [5, 5.41) is 2.13. The molecule has 0 amide bonds. The molecule has 0 radical (unpaired) electrons. The largest absolute Gasteiger partial charge is 0.379 e. The van der Waals surface area contributed by atoms with Crippen molar-refractivity contribution in [2.45, 2.75) is 13.0 Å². The maximum absolute atomic E-state index is 13.1. The topological polar surface area (TPSA) is 41.5 Å². The van der Waals surface area contributed by atoms with Gasteiger partial charge >= 0.3 is 0 Å². The number of ether oxygens (including phenoxy) is 1. The first kappa shape index (κ1) is 15.9. The zero-order chi connectivity index (χ0) is 16.4. The Morgan fingerprint density at radius 1 is 1.25 bits per heavy atom. The van der Waals surface area contributed by atoms with Crippen LogP contribution in [0.4, 0.5) is 10.3 Å². The van der Waals surface area contributed by atoms with Crippen LogP contribution in [0.3, 0.4) is 0 Å². The van der Waals surface area contributed by atoms with Gasteiger partial charge in [0.05, 0.1) is 25.6 Å². The van der Waals surface area contributed by atoms with E-state index >= 15 is 0 Å². The van der Waals surface area contributed by atoms with Gasteiger partial charge in [-0.25, -0.2) is 14.4 Å². The minimum Gasteiger partial charge on any atom is -0.379 e. The van der Waals surface area contributed by atoms with E-state index in [1.807, 2.05) is 11.3 Å². The van der Waals surface area contributed by atoms with E-state index in [2.05, 4.69) is 37.3 Å². The molecule has 7 heteroatoms. The predicted octanol–water partition coefficient (Wildman–Crippen LogP) is 2.41. The zero-order valence-corrected chi connectivity index (χ0v) is 14.3. The monoisotopic (exact) mass is 348 g/mol. The Bertz CT molecular complexity index is 666. The van der Waals surface area contributed by atoms with Gasteiger partial charge in [0.15, 0.2) is 5.82 Å². The second-order valence-corrected chi connectivity index (χ2v) is 7.75.